The molecular formula is C22H32Cl2F3N5. The van der Waals surface area contributed by atoms with E-state index >= 15 is 0 Å². The lowest BCUT2D eigenvalue weighted by molar-refractivity contribution is -0.138. The first-order chi connectivity index (χ1) is 14.3. The van der Waals surface area contributed by atoms with Gasteiger partial charge in [-0.1, -0.05) is 19.4 Å². The molecule has 0 radical (unpaired) electrons. The molecule has 3 rings (SSSR count). The van der Waals surface area contributed by atoms with E-state index in [1.807, 2.05) is 13.1 Å². The van der Waals surface area contributed by atoms with Crippen LogP contribution in [-0.2, 0) is 12.6 Å². The van der Waals surface area contributed by atoms with Gasteiger partial charge in [-0.25, -0.2) is 4.98 Å². The Balaban J connectivity index is 0.00000256. The summed E-state index contributed by atoms with van der Waals surface area (Å²) < 4.78 is 39.8. The fourth-order valence-corrected chi connectivity index (χ4v) is 3.74. The van der Waals surface area contributed by atoms with Crippen molar-refractivity contribution in [2.45, 2.75) is 58.2 Å². The van der Waals surface area contributed by atoms with Crippen LogP contribution in [-0.4, -0.2) is 36.1 Å². The number of unbranched alkanes of at least 4 members (excludes halogenated alkanes) is 1. The number of aryl methyl sites for hydroxylation is 2. The van der Waals surface area contributed by atoms with Crippen molar-refractivity contribution < 1.29 is 13.2 Å². The maximum atomic E-state index is 13.3. The SMILES string of the molecule is CCCCc1cc(N2CCC[C@@H](NC)C2)nc(Nc2ccc(C)c(C(F)(F)F)c2)n1.Cl.Cl. The zero-order valence-electron chi connectivity index (χ0n) is 18.6. The average Bonchev–Trinajstić information content (AvgIpc) is 2.72. The van der Waals surface area contributed by atoms with Gasteiger partial charge in [0, 0.05) is 36.6 Å². The summed E-state index contributed by atoms with van der Waals surface area (Å²) >= 11 is 0. The molecule has 0 amide bonds. The second kappa shape index (κ2) is 12.5. The van der Waals surface area contributed by atoms with Gasteiger partial charge in [-0.05, 0) is 57.4 Å². The molecule has 1 atom stereocenters. The molecule has 1 aliphatic rings. The quantitative estimate of drug-likeness (QED) is 0.501. The van der Waals surface area contributed by atoms with Gasteiger partial charge < -0.3 is 15.5 Å². The zero-order valence-corrected chi connectivity index (χ0v) is 20.3. The van der Waals surface area contributed by atoms with Crippen molar-refractivity contribution in [3.8, 4) is 0 Å². The minimum atomic E-state index is -4.40. The maximum Gasteiger partial charge on any atom is 0.416 e. The third kappa shape index (κ3) is 7.39. The van der Waals surface area contributed by atoms with Crippen molar-refractivity contribution in [2.75, 3.05) is 30.4 Å². The van der Waals surface area contributed by atoms with Crippen LogP contribution in [0.1, 0.15) is 49.4 Å². The third-order valence-corrected chi connectivity index (χ3v) is 5.50. The van der Waals surface area contributed by atoms with Crippen LogP contribution < -0.4 is 15.5 Å². The van der Waals surface area contributed by atoms with Crippen molar-refractivity contribution in [1.82, 2.24) is 15.3 Å². The summed E-state index contributed by atoms with van der Waals surface area (Å²) in [4.78, 5) is 11.4. The number of anilines is 3. The normalized spacial score (nSPS) is 16.2. The van der Waals surface area contributed by atoms with E-state index in [1.54, 1.807) is 6.07 Å². The molecule has 1 fully saturated rings. The summed E-state index contributed by atoms with van der Waals surface area (Å²) in [6, 6.07) is 6.62. The first kappa shape index (κ1) is 28.3. The number of alkyl halides is 3. The van der Waals surface area contributed by atoms with Gasteiger partial charge in [0.2, 0.25) is 5.95 Å². The number of nitrogens with zero attached hydrogens (tertiary/aromatic N) is 3. The Morgan fingerprint density at radius 3 is 2.56 bits per heavy atom. The molecule has 2 aromatic rings. The molecule has 0 saturated carbocycles. The molecule has 5 nitrogen and oxygen atoms in total. The second-order valence-corrected chi connectivity index (χ2v) is 7.87. The molecule has 0 unspecified atom stereocenters. The predicted molar refractivity (Wildman–Crippen MR) is 129 cm³/mol. The number of halogens is 5. The Labute approximate surface area is 200 Å². The van der Waals surface area contributed by atoms with Crippen LogP contribution in [0.25, 0.3) is 0 Å². The number of aromatic nitrogens is 2. The monoisotopic (exact) mass is 493 g/mol. The number of hydrogen-bond donors (Lipinski definition) is 2. The number of rotatable bonds is 7. The smallest absolute Gasteiger partial charge is 0.355 e. The summed E-state index contributed by atoms with van der Waals surface area (Å²) in [5.74, 6) is 1.16. The molecule has 0 spiro atoms. The van der Waals surface area contributed by atoms with E-state index < -0.39 is 11.7 Å². The van der Waals surface area contributed by atoms with E-state index in [9.17, 15) is 13.2 Å². The summed E-state index contributed by atoms with van der Waals surface area (Å²) in [7, 11) is 1.96. The molecule has 10 heteroatoms. The van der Waals surface area contributed by atoms with Crippen molar-refractivity contribution in [2.24, 2.45) is 0 Å². The van der Waals surface area contributed by atoms with Crippen LogP contribution in [0.15, 0.2) is 24.3 Å². The topological polar surface area (TPSA) is 53.1 Å². The van der Waals surface area contributed by atoms with Gasteiger partial charge in [0.1, 0.15) is 5.82 Å². The number of likely N-dealkylation sites (N-methyl/N-ethyl adjacent to an activating group) is 1. The first-order valence-electron chi connectivity index (χ1n) is 10.5. The number of piperidine rings is 1. The molecule has 180 valence electrons. The highest BCUT2D eigenvalue weighted by molar-refractivity contribution is 5.85. The van der Waals surface area contributed by atoms with Gasteiger partial charge in [0.15, 0.2) is 0 Å². The first-order valence-corrected chi connectivity index (χ1v) is 10.5. The molecule has 32 heavy (non-hydrogen) atoms. The highest BCUT2D eigenvalue weighted by Crippen LogP contribution is 2.34. The summed E-state index contributed by atoms with van der Waals surface area (Å²) in [5, 5.41) is 6.33. The fourth-order valence-electron chi connectivity index (χ4n) is 3.74. The Bertz CT molecular complexity index is 864. The molecule has 1 saturated heterocycles. The van der Waals surface area contributed by atoms with Crippen LogP contribution in [0.5, 0.6) is 0 Å². The van der Waals surface area contributed by atoms with Crippen molar-refractivity contribution in [3.63, 3.8) is 0 Å². The minimum Gasteiger partial charge on any atom is -0.355 e. The van der Waals surface area contributed by atoms with E-state index in [0.29, 0.717) is 17.7 Å². The second-order valence-electron chi connectivity index (χ2n) is 7.87. The molecular weight excluding hydrogens is 462 g/mol. The molecule has 2 heterocycles. The Kier molecular flexibility index (Phi) is 11.0. The van der Waals surface area contributed by atoms with E-state index in [1.165, 1.54) is 13.0 Å². The lowest BCUT2D eigenvalue weighted by Gasteiger charge is -2.33. The van der Waals surface area contributed by atoms with Crippen LogP contribution in [0.2, 0.25) is 0 Å². The maximum absolute atomic E-state index is 13.3. The highest BCUT2D eigenvalue weighted by Gasteiger charge is 2.32. The molecule has 1 aromatic heterocycles. The number of nitrogens with one attached hydrogen (secondary N) is 2. The summed E-state index contributed by atoms with van der Waals surface area (Å²) in [6.07, 6.45) is 0.641. The van der Waals surface area contributed by atoms with Crippen LogP contribution in [0.3, 0.4) is 0 Å². The summed E-state index contributed by atoms with van der Waals surface area (Å²) in [6.45, 7) is 5.34. The van der Waals surface area contributed by atoms with Crippen molar-refractivity contribution >= 4 is 42.3 Å². The molecule has 1 aromatic carbocycles. The van der Waals surface area contributed by atoms with Gasteiger partial charge in [-0.2, -0.15) is 18.2 Å². The van der Waals surface area contributed by atoms with Gasteiger partial charge in [-0.3, -0.25) is 0 Å². The zero-order chi connectivity index (χ0) is 21.7. The minimum absolute atomic E-state index is 0. The third-order valence-electron chi connectivity index (χ3n) is 5.50. The molecule has 1 aliphatic heterocycles. The number of benzene rings is 1. The summed E-state index contributed by atoms with van der Waals surface area (Å²) in [5.41, 5.74) is 0.776. The average molecular weight is 494 g/mol. The van der Waals surface area contributed by atoms with Crippen molar-refractivity contribution in [3.05, 3.63) is 41.1 Å². The molecule has 0 bridgehead atoms. The molecule has 2 N–H and O–H groups in total. The van der Waals surface area contributed by atoms with Gasteiger partial charge in [-0.15, -0.1) is 24.8 Å². The largest absolute Gasteiger partial charge is 0.416 e. The Morgan fingerprint density at radius 1 is 1.16 bits per heavy atom. The van der Waals surface area contributed by atoms with Gasteiger partial charge >= 0.3 is 6.18 Å². The highest BCUT2D eigenvalue weighted by atomic mass is 35.5. The Morgan fingerprint density at radius 2 is 1.91 bits per heavy atom. The van der Waals surface area contributed by atoms with Crippen LogP contribution >= 0.6 is 24.8 Å². The lowest BCUT2D eigenvalue weighted by atomic mass is 10.1. The lowest BCUT2D eigenvalue weighted by Crippen LogP contribution is -2.44. The predicted octanol–water partition coefficient (Wildman–Crippen LogP) is 5.92. The van der Waals surface area contributed by atoms with Gasteiger partial charge in [0.25, 0.3) is 0 Å². The van der Waals surface area contributed by atoms with Crippen LogP contribution in [0.4, 0.5) is 30.6 Å². The van der Waals surface area contributed by atoms with E-state index in [-0.39, 0.29) is 30.4 Å². The van der Waals surface area contributed by atoms with E-state index in [4.69, 9.17) is 0 Å². The van der Waals surface area contributed by atoms with Crippen molar-refractivity contribution in [1.29, 1.82) is 0 Å². The Hall–Kier alpha value is -1.77. The van der Waals surface area contributed by atoms with Gasteiger partial charge in [0.05, 0.1) is 5.56 Å². The van der Waals surface area contributed by atoms with E-state index in [0.717, 1.165) is 62.8 Å². The molecule has 0 aliphatic carbocycles. The number of hydrogen-bond acceptors (Lipinski definition) is 5. The van der Waals surface area contributed by atoms with Crippen LogP contribution in [0, 0.1) is 6.92 Å². The standard InChI is InChI=1S/C22H30F3N5.2ClH/c1-4-5-7-16-13-20(30-11-6-8-18(14-30)26-3)29-21(27-16)28-17-10-9-15(2)19(12-17)22(23,24)25;;/h9-10,12-13,18,26H,4-8,11,14H2,1-3H3,(H,27,28,29);2*1H/t18-;;/m1../s1. The fraction of sp³-hybridized carbons (Fsp3) is 0.545. The van der Waals surface area contributed by atoms with E-state index in [2.05, 4.69) is 32.4 Å².